The van der Waals surface area contributed by atoms with Crippen LogP contribution in [0.3, 0.4) is 0 Å². The summed E-state index contributed by atoms with van der Waals surface area (Å²) in [6.07, 6.45) is 5.14. The highest BCUT2D eigenvalue weighted by Crippen LogP contribution is 2.50. The molecule has 2 aromatic carbocycles. The first-order chi connectivity index (χ1) is 10.3. The lowest BCUT2D eigenvalue weighted by molar-refractivity contribution is 0.0404. The van der Waals surface area contributed by atoms with Gasteiger partial charge >= 0.3 is 0 Å². The fraction of sp³-hybridized carbons (Fsp3) is 0.474. The van der Waals surface area contributed by atoms with E-state index in [1.807, 2.05) is 0 Å². The number of halogens is 1. The minimum Gasteiger partial charge on any atom is -0.377 e. The van der Waals surface area contributed by atoms with E-state index < -0.39 is 0 Å². The zero-order chi connectivity index (χ0) is 14.3. The van der Waals surface area contributed by atoms with Crippen LogP contribution >= 0.6 is 11.6 Å². The number of ether oxygens (including phenoxy) is 1. The first-order valence-electron chi connectivity index (χ1n) is 7.97. The second-order valence-corrected chi connectivity index (χ2v) is 6.96. The summed E-state index contributed by atoms with van der Waals surface area (Å²) in [4.78, 5) is 0. The summed E-state index contributed by atoms with van der Waals surface area (Å²) < 4.78 is 6.08. The van der Waals surface area contributed by atoms with E-state index in [2.05, 4.69) is 42.5 Å². The van der Waals surface area contributed by atoms with E-state index in [1.165, 1.54) is 29.2 Å². The Kier molecular flexibility index (Phi) is 3.43. The molecule has 2 atom stereocenters. The molecule has 1 saturated carbocycles. The molecule has 1 aliphatic heterocycles. The van der Waals surface area contributed by atoms with Crippen LogP contribution in [0.25, 0.3) is 10.8 Å². The van der Waals surface area contributed by atoms with Gasteiger partial charge in [0.1, 0.15) is 0 Å². The molecular formula is C19H21ClO. The largest absolute Gasteiger partial charge is 0.377 e. The molecule has 2 fully saturated rings. The molecule has 0 bridgehead atoms. The maximum atomic E-state index is 6.45. The molecule has 4 rings (SSSR count). The average Bonchev–Trinajstić information content (AvgIpc) is 3.29. The van der Waals surface area contributed by atoms with Crippen LogP contribution in [0.4, 0.5) is 0 Å². The lowest BCUT2D eigenvalue weighted by Crippen LogP contribution is -2.36. The van der Waals surface area contributed by atoms with Crippen molar-refractivity contribution >= 4 is 22.4 Å². The fourth-order valence-electron chi connectivity index (χ4n) is 3.95. The van der Waals surface area contributed by atoms with Gasteiger partial charge in [0.15, 0.2) is 0 Å². The van der Waals surface area contributed by atoms with Gasteiger partial charge in [0.2, 0.25) is 0 Å². The molecule has 1 aliphatic carbocycles. The van der Waals surface area contributed by atoms with Gasteiger partial charge in [-0.25, -0.2) is 0 Å². The van der Waals surface area contributed by atoms with Gasteiger partial charge in [0, 0.05) is 17.9 Å². The summed E-state index contributed by atoms with van der Waals surface area (Å²) in [5.41, 5.74) is 1.55. The van der Waals surface area contributed by atoms with Gasteiger partial charge in [-0.15, -0.1) is 11.6 Å². The SMILES string of the molecule is ClCC1(Cc2cccc3ccccc23)CCOC1C1CC1. The van der Waals surface area contributed by atoms with Crippen molar-refractivity contribution in [3.05, 3.63) is 48.0 Å². The third-order valence-corrected chi connectivity index (χ3v) is 5.77. The lowest BCUT2D eigenvalue weighted by atomic mass is 9.75. The predicted molar refractivity (Wildman–Crippen MR) is 87.9 cm³/mol. The molecule has 21 heavy (non-hydrogen) atoms. The maximum absolute atomic E-state index is 6.45. The highest BCUT2D eigenvalue weighted by atomic mass is 35.5. The van der Waals surface area contributed by atoms with E-state index >= 15 is 0 Å². The Hall–Kier alpha value is -1.05. The minimum absolute atomic E-state index is 0.132. The van der Waals surface area contributed by atoms with E-state index in [-0.39, 0.29) is 5.41 Å². The van der Waals surface area contributed by atoms with Gasteiger partial charge in [-0.05, 0) is 47.9 Å². The van der Waals surface area contributed by atoms with Crippen molar-refractivity contribution in [2.45, 2.75) is 31.8 Å². The molecule has 0 spiro atoms. The maximum Gasteiger partial charge on any atom is 0.0674 e. The van der Waals surface area contributed by atoms with E-state index in [0.29, 0.717) is 12.0 Å². The van der Waals surface area contributed by atoms with E-state index in [4.69, 9.17) is 16.3 Å². The summed E-state index contributed by atoms with van der Waals surface area (Å²) in [7, 11) is 0. The first-order valence-corrected chi connectivity index (χ1v) is 8.50. The Morgan fingerprint density at radius 2 is 1.90 bits per heavy atom. The van der Waals surface area contributed by atoms with E-state index in [1.54, 1.807) is 0 Å². The van der Waals surface area contributed by atoms with Crippen LogP contribution in [0.15, 0.2) is 42.5 Å². The van der Waals surface area contributed by atoms with Crippen LogP contribution in [-0.4, -0.2) is 18.6 Å². The summed E-state index contributed by atoms with van der Waals surface area (Å²) in [5, 5.41) is 2.69. The molecule has 2 aliphatic rings. The van der Waals surface area contributed by atoms with E-state index in [9.17, 15) is 0 Å². The van der Waals surface area contributed by atoms with Crippen LogP contribution in [0, 0.1) is 11.3 Å². The molecule has 1 heterocycles. The molecule has 1 saturated heterocycles. The molecule has 2 unspecified atom stereocenters. The topological polar surface area (TPSA) is 9.23 Å². The molecule has 0 aromatic heterocycles. The molecule has 0 N–H and O–H groups in total. The van der Waals surface area contributed by atoms with Gasteiger partial charge in [-0.3, -0.25) is 0 Å². The molecule has 110 valence electrons. The van der Waals surface area contributed by atoms with Gasteiger partial charge in [0.05, 0.1) is 6.10 Å². The van der Waals surface area contributed by atoms with Gasteiger partial charge < -0.3 is 4.74 Å². The quantitative estimate of drug-likeness (QED) is 0.737. The Balaban J connectivity index is 1.72. The molecule has 2 aromatic rings. The zero-order valence-corrected chi connectivity index (χ0v) is 13.0. The van der Waals surface area contributed by atoms with Gasteiger partial charge in [0.25, 0.3) is 0 Å². The standard InChI is InChI=1S/C19H21ClO/c20-13-19(10-11-21-18(19)15-8-9-15)12-16-6-3-5-14-4-1-2-7-17(14)16/h1-7,15,18H,8-13H2. The van der Waals surface area contributed by atoms with Crippen molar-refractivity contribution < 1.29 is 4.74 Å². The van der Waals surface area contributed by atoms with Gasteiger partial charge in [-0.2, -0.15) is 0 Å². The monoisotopic (exact) mass is 300 g/mol. The molecular weight excluding hydrogens is 280 g/mol. The van der Waals surface area contributed by atoms with Crippen molar-refractivity contribution in [1.82, 2.24) is 0 Å². The lowest BCUT2D eigenvalue weighted by Gasteiger charge is -2.33. The zero-order valence-electron chi connectivity index (χ0n) is 12.2. The number of hydrogen-bond donors (Lipinski definition) is 0. The van der Waals surface area contributed by atoms with Crippen LogP contribution in [0.5, 0.6) is 0 Å². The number of alkyl halides is 1. The van der Waals surface area contributed by atoms with Crippen molar-refractivity contribution in [3.8, 4) is 0 Å². The van der Waals surface area contributed by atoms with E-state index in [0.717, 1.165) is 25.4 Å². The fourth-order valence-corrected chi connectivity index (χ4v) is 4.33. The Bertz CT molecular complexity index is 644. The minimum atomic E-state index is 0.132. The third-order valence-electron chi connectivity index (χ3n) is 5.24. The average molecular weight is 301 g/mol. The molecule has 1 nitrogen and oxygen atoms in total. The van der Waals surface area contributed by atoms with Crippen LogP contribution < -0.4 is 0 Å². The molecule has 0 amide bonds. The highest BCUT2D eigenvalue weighted by Gasteiger charge is 2.50. The molecule has 0 radical (unpaired) electrons. The summed E-state index contributed by atoms with van der Waals surface area (Å²) in [6.45, 7) is 0.874. The van der Waals surface area contributed by atoms with Crippen molar-refractivity contribution in [2.24, 2.45) is 11.3 Å². The number of fused-ring (bicyclic) bond motifs is 1. The molecule has 2 heteroatoms. The van der Waals surface area contributed by atoms with Crippen molar-refractivity contribution in [3.63, 3.8) is 0 Å². The summed E-state index contributed by atoms with van der Waals surface area (Å²) in [5.74, 6) is 1.46. The van der Waals surface area contributed by atoms with Crippen LogP contribution in [-0.2, 0) is 11.2 Å². The second kappa shape index (κ2) is 5.30. The van der Waals surface area contributed by atoms with Crippen molar-refractivity contribution in [2.75, 3.05) is 12.5 Å². The number of rotatable bonds is 4. The Labute approximate surface area is 131 Å². The van der Waals surface area contributed by atoms with Crippen molar-refractivity contribution in [1.29, 1.82) is 0 Å². The third kappa shape index (κ3) is 2.37. The summed E-state index contributed by atoms with van der Waals surface area (Å²) >= 11 is 6.45. The summed E-state index contributed by atoms with van der Waals surface area (Å²) in [6, 6.07) is 15.3. The van der Waals surface area contributed by atoms with Crippen LogP contribution in [0.1, 0.15) is 24.8 Å². The Morgan fingerprint density at radius 1 is 1.10 bits per heavy atom. The first kappa shape index (κ1) is 13.6. The number of benzene rings is 2. The predicted octanol–water partition coefficient (Wildman–Crippen LogP) is 4.81. The Morgan fingerprint density at radius 3 is 2.71 bits per heavy atom. The van der Waals surface area contributed by atoms with Gasteiger partial charge in [-0.1, -0.05) is 42.5 Å². The number of hydrogen-bond acceptors (Lipinski definition) is 1. The smallest absolute Gasteiger partial charge is 0.0674 e. The van der Waals surface area contributed by atoms with Crippen LogP contribution in [0.2, 0.25) is 0 Å². The highest BCUT2D eigenvalue weighted by molar-refractivity contribution is 6.18. The normalized spacial score (nSPS) is 29.1. The second-order valence-electron chi connectivity index (χ2n) is 6.69.